The number of thiophene rings is 1. The molecular formula is C18H19N3O2S. The smallest absolute Gasteiger partial charge is 0.248 e. The van der Waals surface area contributed by atoms with Crippen LogP contribution in [0.3, 0.4) is 0 Å². The first-order chi connectivity index (χ1) is 11.8. The highest BCUT2D eigenvalue weighted by Gasteiger charge is 2.30. The molecular weight excluding hydrogens is 322 g/mol. The highest BCUT2D eigenvalue weighted by atomic mass is 32.1. The van der Waals surface area contributed by atoms with Crippen LogP contribution in [0.25, 0.3) is 11.5 Å². The Hall–Kier alpha value is -2.18. The lowest BCUT2D eigenvalue weighted by atomic mass is 10.1. The van der Waals surface area contributed by atoms with Crippen LogP contribution < -0.4 is 4.74 Å². The average molecular weight is 341 g/mol. The van der Waals surface area contributed by atoms with Gasteiger partial charge in [0.2, 0.25) is 11.8 Å². The summed E-state index contributed by atoms with van der Waals surface area (Å²) in [7, 11) is 1.69. The van der Waals surface area contributed by atoms with E-state index in [1.54, 1.807) is 18.4 Å². The predicted octanol–water partition coefficient (Wildman–Crippen LogP) is 4.14. The number of nitrogens with zero attached hydrogens (tertiary/aromatic N) is 3. The zero-order chi connectivity index (χ0) is 16.4. The minimum absolute atomic E-state index is 0.201. The first kappa shape index (κ1) is 15.4. The lowest BCUT2D eigenvalue weighted by Gasteiger charge is -2.21. The van der Waals surface area contributed by atoms with E-state index in [2.05, 4.69) is 27.2 Å². The third-order valence-electron chi connectivity index (χ3n) is 4.40. The summed E-state index contributed by atoms with van der Waals surface area (Å²) >= 11 is 1.63. The van der Waals surface area contributed by atoms with Crippen LogP contribution >= 0.6 is 11.3 Å². The summed E-state index contributed by atoms with van der Waals surface area (Å²) < 4.78 is 11.2. The van der Waals surface area contributed by atoms with E-state index in [0.717, 1.165) is 43.1 Å². The van der Waals surface area contributed by atoms with E-state index in [-0.39, 0.29) is 6.04 Å². The van der Waals surface area contributed by atoms with Crippen molar-refractivity contribution in [2.24, 2.45) is 0 Å². The van der Waals surface area contributed by atoms with Crippen LogP contribution in [-0.4, -0.2) is 28.8 Å². The van der Waals surface area contributed by atoms with E-state index in [0.29, 0.717) is 5.89 Å². The summed E-state index contributed by atoms with van der Waals surface area (Å²) in [6.07, 6.45) is 2.21. The van der Waals surface area contributed by atoms with E-state index < -0.39 is 0 Å². The maximum atomic E-state index is 5.94. The zero-order valence-electron chi connectivity index (χ0n) is 13.5. The van der Waals surface area contributed by atoms with E-state index in [9.17, 15) is 0 Å². The first-order valence-electron chi connectivity index (χ1n) is 8.06. The molecule has 4 rings (SSSR count). The molecule has 1 aliphatic heterocycles. The molecule has 5 nitrogen and oxygen atoms in total. The Bertz CT molecular complexity index is 783. The van der Waals surface area contributed by atoms with Crippen LogP contribution in [0.5, 0.6) is 5.75 Å². The fourth-order valence-corrected chi connectivity index (χ4v) is 3.76. The van der Waals surface area contributed by atoms with Gasteiger partial charge in [-0.3, -0.25) is 4.90 Å². The Morgan fingerprint density at radius 3 is 2.88 bits per heavy atom. The van der Waals surface area contributed by atoms with Crippen LogP contribution in [0, 0.1) is 0 Å². The van der Waals surface area contributed by atoms with Crippen molar-refractivity contribution in [3.8, 4) is 17.2 Å². The van der Waals surface area contributed by atoms with Gasteiger partial charge in [0.15, 0.2) is 0 Å². The first-order valence-corrected chi connectivity index (χ1v) is 9.01. The SMILES string of the molecule is COc1ccc(CN2CCC[C@H]2c2nnc(-c3ccsc3)o2)cc1. The second-order valence-electron chi connectivity index (χ2n) is 5.93. The maximum absolute atomic E-state index is 5.94. The average Bonchev–Trinajstić information content (AvgIpc) is 3.36. The van der Waals surface area contributed by atoms with E-state index in [1.165, 1.54) is 5.56 Å². The quantitative estimate of drug-likeness (QED) is 0.698. The zero-order valence-corrected chi connectivity index (χ0v) is 14.3. The Morgan fingerprint density at radius 2 is 2.12 bits per heavy atom. The van der Waals surface area contributed by atoms with Crippen molar-refractivity contribution in [2.45, 2.75) is 25.4 Å². The van der Waals surface area contributed by atoms with Crippen LogP contribution in [0.4, 0.5) is 0 Å². The number of ether oxygens (including phenoxy) is 1. The molecule has 0 spiro atoms. The molecule has 0 aliphatic carbocycles. The molecule has 1 aliphatic rings. The van der Waals surface area contributed by atoms with E-state index >= 15 is 0 Å². The van der Waals surface area contributed by atoms with Crippen molar-refractivity contribution in [3.05, 3.63) is 52.5 Å². The normalized spacial score (nSPS) is 18.1. The molecule has 1 saturated heterocycles. The number of aromatic nitrogens is 2. The molecule has 1 atom stereocenters. The third-order valence-corrected chi connectivity index (χ3v) is 5.09. The number of likely N-dealkylation sites (tertiary alicyclic amines) is 1. The standard InChI is InChI=1S/C18H19N3O2S/c1-22-15-6-4-13(5-7-15)11-21-9-2-3-16(21)18-20-19-17(23-18)14-8-10-24-12-14/h4-8,10,12,16H,2-3,9,11H2,1H3/t16-/m0/s1. The summed E-state index contributed by atoms with van der Waals surface area (Å²) in [6, 6.07) is 10.4. The van der Waals surface area contributed by atoms with Gasteiger partial charge in [-0.25, -0.2) is 0 Å². The molecule has 0 N–H and O–H groups in total. The molecule has 1 aromatic carbocycles. The second kappa shape index (κ2) is 6.75. The molecule has 0 radical (unpaired) electrons. The molecule has 3 aromatic rings. The Labute approximate surface area is 144 Å². The molecule has 2 aromatic heterocycles. The highest BCUT2D eigenvalue weighted by Crippen LogP contribution is 2.34. The van der Waals surface area contributed by atoms with Crippen molar-refractivity contribution < 1.29 is 9.15 Å². The van der Waals surface area contributed by atoms with Gasteiger partial charge in [0.25, 0.3) is 0 Å². The van der Waals surface area contributed by atoms with Crippen LogP contribution in [0.2, 0.25) is 0 Å². The molecule has 0 bridgehead atoms. The number of hydrogen-bond donors (Lipinski definition) is 0. The summed E-state index contributed by atoms with van der Waals surface area (Å²) in [5.41, 5.74) is 2.26. The van der Waals surface area contributed by atoms with Gasteiger partial charge in [0.1, 0.15) is 5.75 Å². The summed E-state index contributed by atoms with van der Waals surface area (Å²) in [5.74, 6) is 2.22. The Morgan fingerprint density at radius 1 is 1.25 bits per heavy atom. The molecule has 24 heavy (non-hydrogen) atoms. The van der Waals surface area contributed by atoms with Crippen LogP contribution in [0.1, 0.15) is 30.3 Å². The van der Waals surface area contributed by atoms with E-state index in [1.807, 2.05) is 29.0 Å². The summed E-state index contributed by atoms with van der Waals surface area (Å²) in [5, 5.41) is 12.6. The van der Waals surface area contributed by atoms with Gasteiger partial charge in [-0.1, -0.05) is 12.1 Å². The fraction of sp³-hybridized carbons (Fsp3) is 0.333. The molecule has 1 fully saturated rings. The van der Waals surface area contributed by atoms with Crippen molar-refractivity contribution in [3.63, 3.8) is 0 Å². The van der Waals surface area contributed by atoms with Gasteiger partial charge in [-0.15, -0.1) is 10.2 Å². The number of methoxy groups -OCH3 is 1. The maximum Gasteiger partial charge on any atom is 0.248 e. The van der Waals surface area contributed by atoms with Gasteiger partial charge in [0, 0.05) is 17.5 Å². The summed E-state index contributed by atoms with van der Waals surface area (Å²) in [6.45, 7) is 1.93. The molecule has 0 unspecified atom stereocenters. The number of benzene rings is 1. The monoisotopic (exact) mass is 341 g/mol. The van der Waals surface area contributed by atoms with Crippen molar-refractivity contribution in [1.82, 2.24) is 15.1 Å². The fourth-order valence-electron chi connectivity index (χ4n) is 3.13. The second-order valence-corrected chi connectivity index (χ2v) is 6.71. The molecule has 0 amide bonds. The van der Waals surface area contributed by atoms with Gasteiger partial charge in [-0.05, 0) is 48.5 Å². The van der Waals surface area contributed by atoms with Crippen molar-refractivity contribution in [2.75, 3.05) is 13.7 Å². The van der Waals surface area contributed by atoms with Crippen molar-refractivity contribution >= 4 is 11.3 Å². The Kier molecular flexibility index (Phi) is 4.32. The van der Waals surface area contributed by atoms with E-state index in [4.69, 9.17) is 9.15 Å². The lowest BCUT2D eigenvalue weighted by Crippen LogP contribution is -2.23. The number of rotatable bonds is 5. The predicted molar refractivity (Wildman–Crippen MR) is 93.0 cm³/mol. The topological polar surface area (TPSA) is 51.4 Å². The third kappa shape index (κ3) is 3.07. The van der Waals surface area contributed by atoms with Crippen LogP contribution in [0.15, 0.2) is 45.5 Å². The van der Waals surface area contributed by atoms with Gasteiger partial charge >= 0.3 is 0 Å². The molecule has 124 valence electrons. The van der Waals surface area contributed by atoms with Gasteiger partial charge < -0.3 is 9.15 Å². The Balaban J connectivity index is 1.50. The van der Waals surface area contributed by atoms with Gasteiger partial charge in [0.05, 0.1) is 13.2 Å². The lowest BCUT2D eigenvalue weighted by molar-refractivity contribution is 0.215. The minimum Gasteiger partial charge on any atom is -0.497 e. The van der Waals surface area contributed by atoms with Crippen molar-refractivity contribution in [1.29, 1.82) is 0 Å². The largest absolute Gasteiger partial charge is 0.497 e. The molecule has 0 saturated carbocycles. The van der Waals surface area contributed by atoms with Gasteiger partial charge in [-0.2, -0.15) is 11.3 Å². The van der Waals surface area contributed by atoms with Crippen LogP contribution in [-0.2, 0) is 6.54 Å². The molecule has 3 heterocycles. The molecule has 6 heteroatoms. The minimum atomic E-state index is 0.201. The summed E-state index contributed by atoms with van der Waals surface area (Å²) in [4.78, 5) is 2.41. The highest BCUT2D eigenvalue weighted by molar-refractivity contribution is 7.08. The number of hydrogen-bond acceptors (Lipinski definition) is 6.